The number of aliphatic hydroxyl groups excluding tert-OH is 1. The van der Waals surface area contributed by atoms with Gasteiger partial charge in [0.2, 0.25) is 0 Å². The Balaban J connectivity index is 1.79. The third-order valence-corrected chi connectivity index (χ3v) is 4.81. The number of likely N-dealkylation sites (N-methyl/N-ethyl adjacent to an activating group) is 1. The van der Waals surface area contributed by atoms with Crippen LogP contribution in [0.25, 0.3) is 0 Å². The summed E-state index contributed by atoms with van der Waals surface area (Å²) in [6.07, 6.45) is 0. The summed E-state index contributed by atoms with van der Waals surface area (Å²) in [5.41, 5.74) is 8.40. The molecule has 1 aliphatic heterocycles. The number of nitrogens with one attached hydrogen (secondary N) is 2. The quantitative estimate of drug-likeness (QED) is 0.465. The summed E-state index contributed by atoms with van der Waals surface area (Å²) in [4.78, 5) is 14.4. The summed E-state index contributed by atoms with van der Waals surface area (Å²) in [7, 11) is 0. The lowest BCUT2D eigenvalue weighted by molar-refractivity contribution is -0.114. The number of ether oxygens (including phenoxy) is 2. The predicted molar refractivity (Wildman–Crippen MR) is 126 cm³/mol. The average Bonchev–Trinajstić information content (AvgIpc) is 3.18. The lowest BCUT2D eigenvalue weighted by Crippen LogP contribution is -2.26. The van der Waals surface area contributed by atoms with Crippen LogP contribution in [0.4, 0.5) is 11.4 Å². The number of aliphatic hydroxyl groups is 1. The molecule has 0 unspecified atom stereocenters. The molecule has 32 heavy (non-hydrogen) atoms. The van der Waals surface area contributed by atoms with Crippen molar-refractivity contribution in [3.8, 4) is 11.5 Å². The van der Waals surface area contributed by atoms with Gasteiger partial charge in [0.05, 0.1) is 25.5 Å². The Kier molecular flexibility index (Phi) is 8.04. The number of hydrogen-bond acceptors (Lipinski definition) is 8. The minimum Gasteiger partial charge on any atom is -0.490 e. The van der Waals surface area contributed by atoms with Crippen LogP contribution in [0.1, 0.15) is 26.3 Å². The van der Waals surface area contributed by atoms with Crippen molar-refractivity contribution in [1.82, 2.24) is 5.43 Å². The van der Waals surface area contributed by atoms with Crippen molar-refractivity contribution in [1.29, 1.82) is 0 Å². The number of hydrazone groups is 2. The molecule has 0 spiro atoms. The van der Waals surface area contributed by atoms with Crippen LogP contribution < -0.4 is 25.2 Å². The lowest BCUT2D eigenvalue weighted by Gasteiger charge is -2.22. The molecule has 0 aliphatic carbocycles. The summed E-state index contributed by atoms with van der Waals surface area (Å²) in [6.45, 7) is 8.29. The molecule has 3 N–H and O–H groups in total. The van der Waals surface area contributed by atoms with Crippen LogP contribution in [-0.2, 0) is 4.79 Å². The normalized spacial score (nSPS) is 14.2. The second kappa shape index (κ2) is 11.1. The van der Waals surface area contributed by atoms with Crippen molar-refractivity contribution in [2.75, 3.05) is 43.2 Å². The number of benzene rings is 2. The zero-order valence-corrected chi connectivity index (χ0v) is 18.6. The van der Waals surface area contributed by atoms with E-state index in [2.05, 4.69) is 26.0 Å². The van der Waals surface area contributed by atoms with E-state index in [1.54, 1.807) is 12.1 Å². The third kappa shape index (κ3) is 5.36. The number of nitrogens with zero attached hydrogens (tertiary/aromatic N) is 3. The maximum atomic E-state index is 12.3. The van der Waals surface area contributed by atoms with E-state index < -0.39 is 5.91 Å². The lowest BCUT2D eigenvalue weighted by atomic mass is 10.1. The molecule has 0 bridgehead atoms. The Morgan fingerprint density at radius 2 is 1.78 bits per heavy atom. The Morgan fingerprint density at radius 1 is 1.06 bits per heavy atom. The van der Waals surface area contributed by atoms with Crippen molar-refractivity contribution in [3.63, 3.8) is 0 Å². The Hall–Kier alpha value is -3.59. The van der Waals surface area contributed by atoms with Crippen LogP contribution in [0.2, 0.25) is 0 Å². The van der Waals surface area contributed by atoms with Crippen molar-refractivity contribution < 1.29 is 19.4 Å². The summed E-state index contributed by atoms with van der Waals surface area (Å²) in [6, 6.07) is 13.0. The minimum absolute atomic E-state index is 0.0925. The topological polar surface area (TPSA) is 108 Å². The Labute approximate surface area is 187 Å². The first-order valence-corrected chi connectivity index (χ1v) is 10.7. The fourth-order valence-corrected chi connectivity index (χ4v) is 3.28. The second-order valence-electron chi connectivity index (χ2n) is 6.85. The number of hydrogen-bond donors (Lipinski definition) is 3. The van der Waals surface area contributed by atoms with E-state index >= 15 is 0 Å². The van der Waals surface area contributed by atoms with Crippen LogP contribution in [-0.4, -0.2) is 55.3 Å². The zero-order valence-electron chi connectivity index (χ0n) is 18.6. The van der Waals surface area contributed by atoms with E-state index in [-0.39, 0.29) is 12.3 Å². The first-order valence-electron chi connectivity index (χ1n) is 10.7. The van der Waals surface area contributed by atoms with Crippen molar-refractivity contribution in [3.05, 3.63) is 48.0 Å². The van der Waals surface area contributed by atoms with Gasteiger partial charge in [-0.25, -0.2) is 5.43 Å². The summed E-state index contributed by atoms with van der Waals surface area (Å²) >= 11 is 0. The van der Waals surface area contributed by atoms with Crippen LogP contribution in [0.5, 0.6) is 11.5 Å². The molecule has 0 saturated heterocycles. The van der Waals surface area contributed by atoms with Gasteiger partial charge in [-0.15, -0.1) is 0 Å². The highest BCUT2D eigenvalue weighted by Crippen LogP contribution is 2.29. The molecule has 2 aromatic carbocycles. The molecule has 0 saturated carbocycles. The predicted octanol–water partition coefficient (Wildman–Crippen LogP) is 2.60. The van der Waals surface area contributed by atoms with Gasteiger partial charge >= 0.3 is 0 Å². The molecule has 1 aliphatic rings. The van der Waals surface area contributed by atoms with E-state index in [1.165, 1.54) is 0 Å². The van der Waals surface area contributed by atoms with E-state index in [9.17, 15) is 9.90 Å². The molecule has 0 radical (unpaired) electrons. The summed E-state index contributed by atoms with van der Waals surface area (Å²) in [5.74, 6) is 0.825. The second-order valence-corrected chi connectivity index (χ2v) is 6.85. The highest BCUT2D eigenvalue weighted by Gasteiger charge is 2.27. The standard InChI is InChI=1S/C23H29N5O4/c1-4-28(13-14-29)18-10-8-17(9-11-18)24-26-22-21(25-27-23(22)30)16-7-12-19(31-5-2)20(15-16)32-6-3/h7-12,15,24,29H,4-6,13-14H2,1-3H3,(H,26,27,30). The van der Waals surface area contributed by atoms with Crippen molar-refractivity contribution >= 4 is 28.7 Å². The molecular formula is C23H29N5O4. The number of carbonyl (C=O) groups is 1. The fraction of sp³-hybridized carbons (Fsp3) is 0.348. The van der Waals surface area contributed by atoms with Gasteiger partial charge in [0, 0.05) is 24.3 Å². The van der Waals surface area contributed by atoms with Gasteiger partial charge in [0.15, 0.2) is 17.2 Å². The molecule has 9 heteroatoms. The van der Waals surface area contributed by atoms with Crippen LogP contribution in [0, 0.1) is 0 Å². The molecule has 170 valence electrons. The summed E-state index contributed by atoms with van der Waals surface area (Å²) in [5, 5.41) is 17.6. The molecule has 0 atom stereocenters. The molecule has 2 aromatic rings. The number of rotatable bonds is 11. The third-order valence-electron chi connectivity index (χ3n) is 4.81. The van der Waals surface area contributed by atoms with Crippen molar-refractivity contribution in [2.24, 2.45) is 10.2 Å². The van der Waals surface area contributed by atoms with Gasteiger partial charge < -0.3 is 19.5 Å². The van der Waals surface area contributed by atoms with E-state index in [1.807, 2.05) is 51.1 Å². The van der Waals surface area contributed by atoms with E-state index in [4.69, 9.17) is 9.47 Å². The highest BCUT2D eigenvalue weighted by molar-refractivity contribution is 6.72. The van der Waals surface area contributed by atoms with Gasteiger partial charge in [-0.1, -0.05) is 0 Å². The maximum absolute atomic E-state index is 12.3. The van der Waals surface area contributed by atoms with E-state index in [0.29, 0.717) is 42.5 Å². The smallest absolute Gasteiger partial charge is 0.294 e. The van der Waals surface area contributed by atoms with Crippen LogP contribution in [0.15, 0.2) is 52.7 Å². The Morgan fingerprint density at radius 3 is 2.44 bits per heavy atom. The van der Waals surface area contributed by atoms with E-state index in [0.717, 1.165) is 17.9 Å². The monoisotopic (exact) mass is 439 g/mol. The first-order chi connectivity index (χ1) is 15.6. The Bertz CT molecular complexity index is 988. The summed E-state index contributed by atoms with van der Waals surface area (Å²) < 4.78 is 11.3. The van der Waals surface area contributed by atoms with Gasteiger partial charge in [0.25, 0.3) is 5.91 Å². The molecule has 0 fully saturated rings. The van der Waals surface area contributed by atoms with Crippen molar-refractivity contribution in [2.45, 2.75) is 20.8 Å². The fourth-order valence-electron chi connectivity index (χ4n) is 3.28. The first kappa shape index (κ1) is 23.1. The molecular weight excluding hydrogens is 410 g/mol. The zero-order chi connectivity index (χ0) is 22.9. The van der Waals surface area contributed by atoms with Gasteiger partial charge in [-0.3, -0.25) is 10.2 Å². The molecule has 9 nitrogen and oxygen atoms in total. The number of amides is 1. The van der Waals surface area contributed by atoms with Crippen LogP contribution in [0.3, 0.4) is 0 Å². The SMILES string of the molecule is CCOc1ccc(C2=NNC(=O)/C2=N/Nc2ccc(N(CC)CCO)cc2)cc1OCC. The highest BCUT2D eigenvalue weighted by atomic mass is 16.5. The molecule has 0 aromatic heterocycles. The molecule has 1 heterocycles. The average molecular weight is 440 g/mol. The van der Waals surface area contributed by atoms with Gasteiger partial charge in [0.1, 0.15) is 5.71 Å². The van der Waals surface area contributed by atoms with Crippen LogP contribution >= 0.6 is 0 Å². The van der Waals surface area contributed by atoms with Gasteiger partial charge in [-0.2, -0.15) is 10.2 Å². The molecule has 1 amide bonds. The van der Waals surface area contributed by atoms with Gasteiger partial charge in [-0.05, 0) is 63.2 Å². The maximum Gasteiger partial charge on any atom is 0.294 e. The largest absolute Gasteiger partial charge is 0.490 e. The number of carbonyl (C=O) groups excluding carboxylic acids is 1. The molecule has 3 rings (SSSR count). The number of anilines is 2. The minimum atomic E-state index is -0.393.